The number of nitrogens with two attached hydrogens (primary N) is 1. The Bertz CT molecular complexity index is 3200. The summed E-state index contributed by atoms with van der Waals surface area (Å²) in [6, 6.07) is 15.8. The van der Waals surface area contributed by atoms with Gasteiger partial charge in [0.1, 0.15) is 23.9 Å². The summed E-state index contributed by atoms with van der Waals surface area (Å²) in [5.74, 6) is -8.72. The van der Waals surface area contributed by atoms with E-state index in [0.29, 0.717) is 45.6 Å². The van der Waals surface area contributed by atoms with Crippen LogP contribution in [0, 0.1) is 13.8 Å². The Hall–Kier alpha value is -7.71. The van der Waals surface area contributed by atoms with Crippen LogP contribution >= 0.6 is 0 Å². The molecule has 7 amide bonds. The van der Waals surface area contributed by atoms with E-state index in [9.17, 15) is 66.6 Å². The van der Waals surface area contributed by atoms with Gasteiger partial charge in [-0.2, -0.15) is 0 Å². The zero-order valence-electron chi connectivity index (χ0n) is 45.6. The average Bonchev–Trinajstić information content (AvgIpc) is 4.14. The maximum absolute atomic E-state index is 13.8. The van der Waals surface area contributed by atoms with Crippen LogP contribution in [0.15, 0.2) is 89.8 Å². The van der Waals surface area contributed by atoms with Crippen molar-refractivity contribution < 1.29 is 106 Å². The van der Waals surface area contributed by atoms with Crippen molar-refractivity contribution in [2.45, 2.75) is 127 Å². The van der Waals surface area contributed by atoms with Crippen LogP contribution in [0.4, 0.5) is 16.2 Å². The van der Waals surface area contributed by atoms with Crippen molar-refractivity contribution in [2.75, 3.05) is 23.3 Å². The molecule has 1 unspecified atom stereocenters. The third-order valence-electron chi connectivity index (χ3n) is 13.5. The van der Waals surface area contributed by atoms with Crippen molar-refractivity contribution in [3.05, 3.63) is 118 Å². The van der Waals surface area contributed by atoms with E-state index in [1.54, 1.807) is 88.4 Å². The zero-order chi connectivity index (χ0) is 58.8. The number of benzene rings is 4. The molecule has 4 aromatic rings. The second-order valence-corrected chi connectivity index (χ2v) is 22.1. The number of urea groups is 1. The number of aryl methyl sites for hydroxylation is 2. The van der Waals surface area contributed by atoms with Crippen molar-refractivity contribution in [3.63, 3.8) is 0 Å². The summed E-state index contributed by atoms with van der Waals surface area (Å²) in [5, 5.41) is 40.2. The Morgan fingerprint density at radius 2 is 1.36 bits per heavy atom. The number of nitrogens with one attached hydrogen (secondary N) is 5. The molecule has 2 aliphatic heterocycles. The molecule has 0 saturated carbocycles. The molecule has 5 atom stereocenters. The number of carboxylic acid groups (broad SMARTS) is 3. The molecule has 0 aliphatic carbocycles. The normalized spacial score (nSPS) is 15.3. The van der Waals surface area contributed by atoms with Crippen LogP contribution in [0.1, 0.15) is 110 Å². The topological polar surface area (TPSA) is 367 Å². The van der Waals surface area contributed by atoms with Crippen LogP contribution in [0.2, 0.25) is 0 Å². The average molecular weight is 1150 g/mol. The first-order chi connectivity index (χ1) is 37.6. The number of carbonyl (C=O) groups is 10. The van der Waals surface area contributed by atoms with Gasteiger partial charge in [-0.15, -0.1) is 0 Å². The number of carboxylic acids is 3. The fraction of sp³-hybridized carbons (Fsp3) is 0.382. The summed E-state index contributed by atoms with van der Waals surface area (Å²) in [4.78, 5) is 129. The summed E-state index contributed by atoms with van der Waals surface area (Å²) in [5.41, 5.74) is 9.14. The quantitative estimate of drug-likeness (QED) is 0.0249. The SMILES string of the molecule is Cc1cc(C)c(C(C)(C)CC(=O)Nc2ccc(C(=O)N3CCc4cc(S(=O)(=O)N5C[C@H](c6ccccc6)NC5=O)ccc43)cc2)c(OC(=O)C(C)NC(=O)[C@H](CCC(=O)O)NC(=O)[C@H](CCC(=O)O)NC(=O)[C@@H](N)CCC(=O)O)c1.[Na+]. The summed E-state index contributed by atoms with van der Waals surface area (Å²) < 4.78 is 34.0. The summed E-state index contributed by atoms with van der Waals surface area (Å²) >= 11 is 0. The van der Waals surface area contributed by atoms with E-state index in [-0.39, 0.29) is 72.0 Å². The van der Waals surface area contributed by atoms with Crippen molar-refractivity contribution in [1.82, 2.24) is 25.6 Å². The number of carbonyl (C=O) groups excluding carboxylic acids is 7. The number of hydrogen-bond acceptors (Lipinski definition) is 14. The molecule has 0 radical (unpaired) electrons. The van der Waals surface area contributed by atoms with Crippen LogP contribution in [0.25, 0.3) is 0 Å². The van der Waals surface area contributed by atoms with Gasteiger partial charge >= 0.3 is 59.5 Å². The third-order valence-corrected chi connectivity index (χ3v) is 15.2. The summed E-state index contributed by atoms with van der Waals surface area (Å²) in [6.07, 6.45) is -2.82. The molecule has 26 heteroatoms. The van der Waals surface area contributed by atoms with Gasteiger partial charge < -0.3 is 57.3 Å². The first-order valence-corrected chi connectivity index (χ1v) is 27.0. The number of rotatable bonds is 25. The molecular weight excluding hydrogens is 1080 g/mol. The van der Waals surface area contributed by atoms with Gasteiger partial charge in [0, 0.05) is 60.1 Å². The molecule has 0 bridgehead atoms. The molecule has 6 rings (SSSR count). The van der Waals surface area contributed by atoms with Crippen LogP contribution in [-0.4, -0.2) is 125 Å². The maximum atomic E-state index is 13.8. The van der Waals surface area contributed by atoms with E-state index in [4.69, 9.17) is 15.6 Å². The largest absolute Gasteiger partial charge is 1.00 e. The Kier molecular flexibility index (Phi) is 21.9. The predicted molar refractivity (Wildman–Crippen MR) is 288 cm³/mol. The molecular formula is C55H64N8NaO16S+. The smallest absolute Gasteiger partial charge is 0.481 e. The number of hydrogen-bond donors (Lipinski definition) is 9. The number of nitrogens with zero attached hydrogens (tertiary/aromatic N) is 2. The van der Waals surface area contributed by atoms with Crippen molar-refractivity contribution in [2.24, 2.45) is 5.73 Å². The molecule has 0 aromatic heterocycles. The van der Waals surface area contributed by atoms with Gasteiger partial charge in [0.25, 0.3) is 15.9 Å². The minimum absolute atomic E-state index is 0. The zero-order valence-corrected chi connectivity index (χ0v) is 48.4. The van der Waals surface area contributed by atoms with Gasteiger partial charge in [0.2, 0.25) is 23.6 Å². The van der Waals surface area contributed by atoms with Crippen molar-refractivity contribution in [1.29, 1.82) is 0 Å². The second-order valence-electron chi connectivity index (χ2n) is 20.3. The fourth-order valence-corrected chi connectivity index (χ4v) is 10.9. The Balaban J connectivity index is 0.0000120. The molecule has 426 valence electrons. The van der Waals surface area contributed by atoms with Gasteiger partial charge in [-0.05, 0) is 117 Å². The second kappa shape index (κ2) is 27.6. The number of sulfonamides is 1. The van der Waals surface area contributed by atoms with E-state index in [1.807, 2.05) is 12.1 Å². The molecule has 81 heavy (non-hydrogen) atoms. The maximum Gasteiger partial charge on any atom is 1.00 e. The van der Waals surface area contributed by atoms with Gasteiger partial charge in [-0.25, -0.2) is 22.3 Å². The molecule has 1 fully saturated rings. The standard InChI is InChI=1S/C55H64N8O16S.Na/c1-30-25-31(2)48(43(26-30)79-53(75)32(3)57-50(72)39(17-21-46(67)68)60-51(73)40(18-22-47(69)70)59-49(71)38(56)16-20-45(65)66)55(4,5)28-44(64)58-36-13-11-34(12-14-36)52(74)62-24-23-35-27-37(15-19-42(35)62)80(77,78)63-29-41(61-54(63)76)33-9-7-6-8-10-33;/h6-15,19,25-27,32,38-41H,16-18,20-24,28-29,56H2,1-5H3,(H,57,72)(H,58,64)(H,59,71)(H,60,73)(H,61,76)(H,65,66)(H,67,68)(H,69,70);/q;+1/t32?,38-,39-,40-,41+;/m0./s1. The number of fused-ring (bicyclic) bond motifs is 1. The van der Waals surface area contributed by atoms with E-state index in [1.165, 1.54) is 24.0 Å². The van der Waals surface area contributed by atoms with E-state index in [2.05, 4.69) is 26.6 Å². The minimum Gasteiger partial charge on any atom is -0.481 e. The molecule has 24 nitrogen and oxygen atoms in total. The molecule has 4 aromatic carbocycles. The van der Waals surface area contributed by atoms with Crippen molar-refractivity contribution >= 4 is 80.8 Å². The molecule has 0 spiro atoms. The summed E-state index contributed by atoms with van der Waals surface area (Å²) in [6.45, 7) is 8.50. The minimum atomic E-state index is -4.22. The van der Waals surface area contributed by atoms with Gasteiger partial charge in [0.15, 0.2) is 0 Å². The van der Waals surface area contributed by atoms with Crippen LogP contribution in [-0.2, 0) is 60.2 Å². The fourth-order valence-electron chi connectivity index (χ4n) is 9.50. The number of anilines is 2. The monoisotopic (exact) mass is 1150 g/mol. The Morgan fingerprint density at radius 3 is 1.96 bits per heavy atom. The first-order valence-electron chi connectivity index (χ1n) is 25.5. The first kappa shape index (κ1) is 64.1. The van der Waals surface area contributed by atoms with Crippen LogP contribution < -0.4 is 71.5 Å². The molecule has 2 heterocycles. The van der Waals surface area contributed by atoms with Crippen LogP contribution in [0.3, 0.4) is 0 Å². The molecule has 1 saturated heterocycles. The van der Waals surface area contributed by atoms with Gasteiger partial charge in [-0.1, -0.05) is 50.2 Å². The van der Waals surface area contributed by atoms with Crippen LogP contribution in [0.5, 0.6) is 5.75 Å². The van der Waals surface area contributed by atoms with Gasteiger partial charge in [0.05, 0.1) is 23.5 Å². The Labute approximate surface area is 489 Å². The van der Waals surface area contributed by atoms with E-state index >= 15 is 0 Å². The Morgan fingerprint density at radius 1 is 0.778 bits per heavy atom. The van der Waals surface area contributed by atoms with Gasteiger partial charge in [-0.3, -0.25) is 38.4 Å². The number of amides is 7. The van der Waals surface area contributed by atoms with E-state index < -0.39 is 131 Å². The molecule has 2 aliphatic rings. The molecule has 10 N–H and O–H groups in total. The number of aliphatic carboxylic acids is 3. The van der Waals surface area contributed by atoms with E-state index in [0.717, 1.165) is 9.87 Å². The summed E-state index contributed by atoms with van der Waals surface area (Å²) in [7, 11) is -4.22. The predicted octanol–water partition coefficient (Wildman–Crippen LogP) is 0.573. The number of esters is 1. The van der Waals surface area contributed by atoms with Crippen molar-refractivity contribution in [3.8, 4) is 5.75 Å². The number of ether oxygens (including phenoxy) is 1. The third kappa shape index (κ3) is 16.7.